The quantitative estimate of drug-likeness (QED) is 0.595. The van der Waals surface area contributed by atoms with Gasteiger partial charge in [0.1, 0.15) is 17.1 Å². The number of hydrogen-bond donors (Lipinski definition) is 2. The van der Waals surface area contributed by atoms with Gasteiger partial charge in [0.15, 0.2) is 5.82 Å². The number of pyridine rings is 1. The van der Waals surface area contributed by atoms with Crippen LogP contribution in [-0.4, -0.2) is 32.9 Å². The van der Waals surface area contributed by atoms with Crippen molar-refractivity contribution in [2.24, 2.45) is 0 Å². The van der Waals surface area contributed by atoms with Crippen molar-refractivity contribution in [3.8, 4) is 0 Å². The first-order valence-electron chi connectivity index (χ1n) is 8.99. The Labute approximate surface area is 156 Å². The van der Waals surface area contributed by atoms with E-state index in [4.69, 9.17) is 4.52 Å². The number of carbonyl (C=O) groups is 2. The van der Waals surface area contributed by atoms with E-state index in [0.29, 0.717) is 35.9 Å². The van der Waals surface area contributed by atoms with E-state index in [2.05, 4.69) is 20.8 Å². The summed E-state index contributed by atoms with van der Waals surface area (Å²) in [6, 6.07) is 7.31. The molecule has 8 nitrogen and oxygen atoms in total. The molecule has 3 aromatic rings. The molecule has 3 rings (SSSR count). The molecule has 0 radical (unpaired) electrons. The Hall–Kier alpha value is -3.16. The summed E-state index contributed by atoms with van der Waals surface area (Å²) in [5.74, 6) is 0.870. The van der Waals surface area contributed by atoms with Gasteiger partial charge in [-0.25, -0.2) is 4.98 Å². The fourth-order valence-corrected chi connectivity index (χ4v) is 2.89. The lowest BCUT2D eigenvalue weighted by Crippen LogP contribution is -2.26. The highest BCUT2D eigenvalue weighted by Crippen LogP contribution is 2.12. The number of nitrogens with one attached hydrogen (secondary N) is 2. The van der Waals surface area contributed by atoms with Gasteiger partial charge in [0.2, 0.25) is 5.91 Å². The second-order valence-corrected chi connectivity index (χ2v) is 6.41. The zero-order valence-corrected chi connectivity index (χ0v) is 15.5. The molecule has 3 heterocycles. The first-order valence-corrected chi connectivity index (χ1v) is 8.99. The fourth-order valence-electron chi connectivity index (χ4n) is 2.89. The molecular formula is C19H23N5O3. The summed E-state index contributed by atoms with van der Waals surface area (Å²) in [5, 5.41) is 9.34. The summed E-state index contributed by atoms with van der Waals surface area (Å²) in [5.41, 5.74) is 2.03. The molecule has 0 saturated carbocycles. The molecule has 142 valence electrons. The van der Waals surface area contributed by atoms with E-state index in [-0.39, 0.29) is 11.8 Å². The van der Waals surface area contributed by atoms with Gasteiger partial charge in [-0.2, -0.15) is 0 Å². The molecule has 0 bridgehead atoms. The van der Waals surface area contributed by atoms with E-state index in [0.717, 1.165) is 24.9 Å². The summed E-state index contributed by atoms with van der Waals surface area (Å²) in [4.78, 5) is 28.6. The van der Waals surface area contributed by atoms with Crippen molar-refractivity contribution in [1.29, 1.82) is 0 Å². The summed E-state index contributed by atoms with van der Waals surface area (Å²) in [6.07, 6.45) is 4.63. The molecule has 2 amide bonds. The number of aromatic nitrogens is 3. The molecule has 0 spiro atoms. The largest absolute Gasteiger partial charge is 0.360 e. The number of rotatable bonds is 8. The molecule has 0 fully saturated rings. The van der Waals surface area contributed by atoms with Crippen molar-refractivity contribution >= 4 is 23.3 Å². The second-order valence-electron chi connectivity index (χ2n) is 6.41. The summed E-state index contributed by atoms with van der Waals surface area (Å²) in [7, 11) is 0. The maximum Gasteiger partial charge on any atom is 0.270 e. The molecule has 0 saturated heterocycles. The molecule has 27 heavy (non-hydrogen) atoms. The van der Waals surface area contributed by atoms with Gasteiger partial charge >= 0.3 is 0 Å². The van der Waals surface area contributed by atoms with Crippen LogP contribution in [0.15, 0.2) is 35.0 Å². The van der Waals surface area contributed by atoms with Gasteiger partial charge in [0, 0.05) is 25.2 Å². The lowest BCUT2D eigenvalue weighted by Gasteiger charge is -2.06. The van der Waals surface area contributed by atoms with Crippen LogP contribution in [0.2, 0.25) is 0 Å². The Morgan fingerprint density at radius 3 is 2.81 bits per heavy atom. The van der Waals surface area contributed by atoms with E-state index in [9.17, 15) is 9.59 Å². The molecule has 8 heteroatoms. The van der Waals surface area contributed by atoms with Crippen LogP contribution in [0.1, 0.15) is 47.6 Å². The monoisotopic (exact) mass is 369 g/mol. The lowest BCUT2D eigenvalue weighted by molar-refractivity contribution is -0.116. The third kappa shape index (κ3) is 4.72. The van der Waals surface area contributed by atoms with E-state index in [1.807, 2.05) is 31.3 Å². The Morgan fingerprint density at radius 2 is 2.04 bits per heavy atom. The number of nitrogens with zero attached hydrogens (tertiary/aromatic N) is 3. The van der Waals surface area contributed by atoms with Crippen LogP contribution in [0.4, 0.5) is 5.82 Å². The van der Waals surface area contributed by atoms with Gasteiger partial charge in [-0.05, 0) is 38.8 Å². The van der Waals surface area contributed by atoms with Crippen LogP contribution >= 0.6 is 0 Å². The third-order valence-corrected chi connectivity index (χ3v) is 4.18. The molecule has 3 aromatic heterocycles. The van der Waals surface area contributed by atoms with Gasteiger partial charge in [-0.1, -0.05) is 17.6 Å². The van der Waals surface area contributed by atoms with Crippen molar-refractivity contribution < 1.29 is 14.1 Å². The maximum atomic E-state index is 12.4. The number of unbranched alkanes of at least 4 members (excludes halogenated alkanes) is 2. The predicted octanol–water partition coefficient (Wildman–Crippen LogP) is 2.87. The van der Waals surface area contributed by atoms with Crippen LogP contribution in [0.25, 0.3) is 5.65 Å². The topological polar surface area (TPSA) is 102 Å². The molecule has 0 aliphatic rings. The number of hydrogen-bond acceptors (Lipinski definition) is 5. The van der Waals surface area contributed by atoms with E-state index in [1.54, 1.807) is 17.4 Å². The van der Waals surface area contributed by atoms with Gasteiger partial charge in [-0.15, -0.1) is 0 Å². The number of amides is 2. The average molecular weight is 369 g/mol. The number of aryl methyl sites for hydroxylation is 2. The number of imidazole rings is 1. The highest BCUT2D eigenvalue weighted by Gasteiger charge is 2.15. The fraction of sp³-hybridized carbons (Fsp3) is 0.368. The summed E-state index contributed by atoms with van der Waals surface area (Å²) < 4.78 is 6.69. The van der Waals surface area contributed by atoms with Crippen LogP contribution in [0.3, 0.4) is 0 Å². The first kappa shape index (κ1) is 18.6. The minimum Gasteiger partial charge on any atom is -0.360 e. The smallest absolute Gasteiger partial charge is 0.270 e. The summed E-state index contributed by atoms with van der Waals surface area (Å²) in [6.45, 7) is 4.16. The molecule has 2 N–H and O–H groups in total. The SMILES string of the molecule is Cc1cc(NC(=O)CCCCCNC(=O)c2c(C)nc3ccccn23)no1. The normalized spacial score (nSPS) is 10.9. The van der Waals surface area contributed by atoms with Crippen molar-refractivity contribution in [3.05, 3.63) is 47.6 Å². The third-order valence-electron chi connectivity index (χ3n) is 4.18. The van der Waals surface area contributed by atoms with Crippen molar-refractivity contribution in [3.63, 3.8) is 0 Å². The van der Waals surface area contributed by atoms with E-state index >= 15 is 0 Å². The average Bonchev–Trinajstić information content (AvgIpc) is 3.19. The lowest BCUT2D eigenvalue weighted by atomic mass is 10.2. The van der Waals surface area contributed by atoms with Crippen molar-refractivity contribution in [1.82, 2.24) is 19.9 Å². The molecule has 0 aliphatic carbocycles. The number of carbonyl (C=O) groups excluding carboxylic acids is 2. The zero-order chi connectivity index (χ0) is 19.2. The maximum absolute atomic E-state index is 12.4. The molecule has 0 atom stereocenters. The molecule has 0 unspecified atom stereocenters. The summed E-state index contributed by atoms with van der Waals surface area (Å²) >= 11 is 0. The molecular weight excluding hydrogens is 346 g/mol. The van der Waals surface area contributed by atoms with E-state index < -0.39 is 0 Å². The number of anilines is 1. The first-order chi connectivity index (χ1) is 13.0. The van der Waals surface area contributed by atoms with Crippen LogP contribution < -0.4 is 10.6 Å². The van der Waals surface area contributed by atoms with Gasteiger partial charge < -0.3 is 15.2 Å². The van der Waals surface area contributed by atoms with Gasteiger partial charge in [0.25, 0.3) is 5.91 Å². The van der Waals surface area contributed by atoms with E-state index in [1.165, 1.54) is 0 Å². The Morgan fingerprint density at radius 1 is 1.19 bits per heavy atom. The van der Waals surface area contributed by atoms with Crippen molar-refractivity contribution in [2.45, 2.75) is 39.5 Å². The Bertz CT molecular complexity index is 944. The zero-order valence-electron chi connectivity index (χ0n) is 15.5. The molecule has 0 aromatic carbocycles. The van der Waals surface area contributed by atoms with Crippen LogP contribution in [0.5, 0.6) is 0 Å². The standard InChI is InChI=1S/C19H23N5O3/c1-13-12-15(23-27-13)22-17(25)9-4-3-6-10-20-19(26)18-14(2)21-16-8-5-7-11-24(16)18/h5,7-8,11-12H,3-4,6,9-10H2,1-2H3,(H,20,26)(H,22,23,25). The van der Waals surface area contributed by atoms with Gasteiger partial charge in [0.05, 0.1) is 5.69 Å². The Kier molecular flexibility index (Phi) is 5.85. The molecule has 0 aliphatic heterocycles. The Balaban J connectivity index is 1.37. The predicted molar refractivity (Wildman–Crippen MR) is 101 cm³/mol. The van der Waals surface area contributed by atoms with Crippen molar-refractivity contribution in [2.75, 3.05) is 11.9 Å². The highest BCUT2D eigenvalue weighted by molar-refractivity contribution is 5.94. The minimum atomic E-state index is -0.134. The number of fused-ring (bicyclic) bond motifs is 1. The highest BCUT2D eigenvalue weighted by atomic mass is 16.5. The van der Waals surface area contributed by atoms with Crippen LogP contribution in [0, 0.1) is 13.8 Å². The van der Waals surface area contributed by atoms with Crippen LogP contribution in [-0.2, 0) is 4.79 Å². The second kappa shape index (κ2) is 8.48. The van der Waals surface area contributed by atoms with Gasteiger partial charge in [-0.3, -0.25) is 14.0 Å². The minimum absolute atomic E-state index is 0.0892.